The van der Waals surface area contributed by atoms with Crippen molar-refractivity contribution in [2.75, 3.05) is 11.4 Å². The van der Waals surface area contributed by atoms with E-state index in [-0.39, 0.29) is 16.7 Å². The highest BCUT2D eigenvalue weighted by Gasteiger charge is 2.30. The van der Waals surface area contributed by atoms with Crippen LogP contribution in [0, 0.1) is 6.92 Å². The summed E-state index contributed by atoms with van der Waals surface area (Å²) in [5.74, 6) is 0.457. The average molecular weight is 482 g/mol. The summed E-state index contributed by atoms with van der Waals surface area (Å²) in [6, 6.07) is 23.2. The van der Waals surface area contributed by atoms with Crippen LogP contribution in [-0.2, 0) is 11.2 Å². The normalized spacial score (nSPS) is 13.9. The number of carbonyl (C=O) groups is 1. The highest BCUT2D eigenvalue weighted by molar-refractivity contribution is 8.00. The Bertz CT molecular complexity index is 1650. The van der Waals surface area contributed by atoms with Crippen LogP contribution >= 0.6 is 11.8 Å². The first-order valence-corrected chi connectivity index (χ1v) is 12.4. The largest absolute Gasteiger partial charge is 0.311 e. The highest BCUT2D eigenvalue weighted by Crippen LogP contribution is 2.32. The van der Waals surface area contributed by atoms with Gasteiger partial charge in [0.05, 0.1) is 21.8 Å². The molecule has 0 radical (unpaired) electrons. The number of fused-ring (bicyclic) bond motifs is 4. The van der Waals surface area contributed by atoms with Crippen LogP contribution in [0.3, 0.4) is 0 Å². The van der Waals surface area contributed by atoms with E-state index in [9.17, 15) is 9.59 Å². The average Bonchev–Trinajstić information content (AvgIpc) is 3.49. The fourth-order valence-electron chi connectivity index (χ4n) is 4.68. The molecule has 1 amide bonds. The van der Waals surface area contributed by atoms with Gasteiger partial charge in [-0.3, -0.25) is 14.0 Å². The molecule has 0 fully saturated rings. The summed E-state index contributed by atoms with van der Waals surface area (Å²) in [7, 11) is 0. The number of nitrogens with zero attached hydrogens (tertiary/aromatic N) is 5. The number of hydrogen-bond donors (Lipinski definition) is 0. The summed E-state index contributed by atoms with van der Waals surface area (Å²) in [4.78, 5) is 28.7. The maximum absolute atomic E-state index is 13.5. The second-order valence-electron chi connectivity index (χ2n) is 8.74. The van der Waals surface area contributed by atoms with Gasteiger partial charge in [-0.2, -0.15) is 0 Å². The van der Waals surface area contributed by atoms with Crippen molar-refractivity contribution >= 4 is 40.0 Å². The Hall–Kier alpha value is -3.91. The van der Waals surface area contributed by atoms with E-state index in [1.165, 1.54) is 17.3 Å². The van der Waals surface area contributed by atoms with Gasteiger partial charge in [-0.1, -0.05) is 59.8 Å². The summed E-state index contributed by atoms with van der Waals surface area (Å²) in [5, 5.41) is 9.59. The summed E-state index contributed by atoms with van der Waals surface area (Å²) in [5.41, 5.74) is 4.56. The zero-order valence-electron chi connectivity index (χ0n) is 19.4. The lowest BCUT2D eigenvalue weighted by Gasteiger charge is -2.21. The smallest absolute Gasteiger partial charge is 0.267 e. The SMILES string of the molecule is Cc1ccc(-n2c(=O)c3ccccc3n3c(SC(C)C(=O)N4CCc5ccccc54)nnc23)cc1. The van der Waals surface area contributed by atoms with Crippen molar-refractivity contribution in [3.63, 3.8) is 0 Å². The molecule has 1 unspecified atom stereocenters. The van der Waals surface area contributed by atoms with E-state index in [2.05, 4.69) is 16.3 Å². The van der Waals surface area contributed by atoms with E-state index < -0.39 is 0 Å². The second-order valence-corrected chi connectivity index (χ2v) is 10.0. The van der Waals surface area contributed by atoms with Crippen LogP contribution in [0.2, 0.25) is 0 Å². The first-order chi connectivity index (χ1) is 17.0. The number of amides is 1. The molecule has 3 aromatic carbocycles. The molecule has 0 aliphatic carbocycles. The number of anilines is 1. The maximum Gasteiger partial charge on any atom is 0.267 e. The first-order valence-electron chi connectivity index (χ1n) is 11.5. The van der Waals surface area contributed by atoms with Gasteiger partial charge in [-0.25, -0.2) is 4.57 Å². The van der Waals surface area contributed by atoms with Gasteiger partial charge in [0.15, 0.2) is 5.16 Å². The standard InChI is InChI=1S/C27H23N5O2S/c1-17-11-13-20(14-12-17)31-25(34)21-8-4-6-10-23(21)32-26(31)28-29-27(32)35-18(2)24(33)30-16-15-19-7-3-5-9-22(19)30/h3-14,18H,15-16H2,1-2H3. The van der Waals surface area contributed by atoms with Crippen molar-refractivity contribution in [1.29, 1.82) is 0 Å². The van der Waals surface area contributed by atoms with Crippen LogP contribution in [-0.4, -0.2) is 36.9 Å². The third-order valence-corrected chi connectivity index (χ3v) is 7.50. The monoisotopic (exact) mass is 481 g/mol. The van der Waals surface area contributed by atoms with Gasteiger partial charge in [0, 0.05) is 12.2 Å². The van der Waals surface area contributed by atoms with E-state index in [1.807, 2.05) is 89.9 Å². The molecule has 0 bridgehead atoms. The van der Waals surface area contributed by atoms with E-state index in [0.717, 1.165) is 28.9 Å². The number of benzene rings is 3. The van der Waals surface area contributed by atoms with Crippen molar-refractivity contribution < 1.29 is 4.79 Å². The molecule has 1 atom stereocenters. The van der Waals surface area contributed by atoms with Crippen LogP contribution in [0.25, 0.3) is 22.4 Å². The van der Waals surface area contributed by atoms with Gasteiger partial charge < -0.3 is 4.90 Å². The summed E-state index contributed by atoms with van der Waals surface area (Å²) in [6.07, 6.45) is 0.862. The van der Waals surface area contributed by atoms with Crippen molar-refractivity contribution in [2.24, 2.45) is 0 Å². The fraction of sp³-hybridized carbons (Fsp3) is 0.185. The zero-order chi connectivity index (χ0) is 24.1. The van der Waals surface area contributed by atoms with Crippen LogP contribution in [0.15, 0.2) is 82.7 Å². The molecule has 0 spiro atoms. The Morgan fingerprint density at radius 1 is 0.971 bits per heavy atom. The van der Waals surface area contributed by atoms with Crippen molar-refractivity contribution in [3.8, 4) is 5.69 Å². The third kappa shape index (κ3) is 3.52. The number of thioether (sulfide) groups is 1. The van der Waals surface area contributed by atoms with E-state index in [0.29, 0.717) is 22.9 Å². The second kappa shape index (κ2) is 8.39. The number of hydrogen-bond acceptors (Lipinski definition) is 5. The minimum Gasteiger partial charge on any atom is -0.311 e. The van der Waals surface area contributed by atoms with Gasteiger partial charge in [0.2, 0.25) is 11.7 Å². The first kappa shape index (κ1) is 21.6. The Morgan fingerprint density at radius 2 is 1.71 bits per heavy atom. The molecule has 7 nitrogen and oxygen atoms in total. The molecule has 3 heterocycles. The third-order valence-electron chi connectivity index (χ3n) is 6.47. The Kier molecular flexibility index (Phi) is 5.18. The predicted octanol–water partition coefficient (Wildman–Crippen LogP) is 4.41. The molecule has 6 rings (SSSR count). The maximum atomic E-state index is 13.5. The fourth-order valence-corrected chi connectivity index (χ4v) is 5.59. The lowest BCUT2D eigenvalue weighted by molar-refractivity contribution is -0.117. The summed E-state index contributed by atoms with van der Waals surface area (Å²) >= 11 is 1.36. The van der Waals surface area contributed by atoms with Crippen molar-refractivity contribution in [2.45, 2.75) is 30.7 Å². The van der Waals surface area contributed by atoms with E-state index in [4.69, 9.17) is 0 Å². The lowest BCUT2D eigenvalue weighted by atomic mass is 10.2. The van der Waals surface area contributed by atoms with Gasteiger partial charge in [-0.15, -0.1) is 10.2 Å². The van der Waals surface area contributed by atoms with E-state index in [1.54, 1.807) is 4.57 Å². The Labute approximate surface area is 206 Å². The predicted molar refractivity (Wildman–Crippen MR) is 139 cm³/mol. The van der Waals surface area contributed by atoms with Gasteiger partial charge >= 0.3 is 0 Å². The quantitative estimate of drug-likeness (QED) is 0.356. The minimum absolute atomic E-state index is 0.0351. The number of rotatable bonds is 4. The summed E-state index contributed by atoms with van der Waals surface area (Å²) < 4.78 is 3.46. The van der Waals surface area contributed by atoms with Crippen LogP contribution < -0.4 is 10.5 Å². The van der Waals surface area contributed by atoms with E-state index >= 15 is 0 Å². The molecule has 0 saturated carbocycles. The lowest BCUT2D eigenvalue weighted by Crippen LogP contribution is -2.35. The van der Waals surface area contributed by atoms with Crippen LogP contribution in [0.1, 0.15) is 18.1 Å². The molecule has 5 aromatic rings. The van der Waals surface area contributed by atoms with Crippen LogP contribution in [0.4, 0.5) is 5.69 Å². The van der Waals surface area contributed by atoms with Gasteiger partial charge in [0.25, 0.3) is 5.56 Å². The minimum atomic E-state index is -0.382. The molecule has 1 aliphatic rings. The molecule has 2 aromatic heterocycles. The number of aromatic nitrogens is 4. The van der Waals surface area contributed by atoms with Gasteiger partial charge in [0.1, 0.15) is 0 Å². The summed E-state index contributed by atoms with van der Waals surface area (Å²) in [6.45, 7) is 4.58. The van der Waals surface area contributed by atoms with Crippen molar-refractivity contribution in [1.82, 2.24) is 19.2 Å². The molecule has 8 heteroatoms. The number of para-hydroxylation sites is 2. The Morgan fingerprint density at radius 3 is 2.54 bits per heavy atom. The Balaban J connectivity index is 1.45. The van der Waals surface area contributed by atoms with Crippen molar-refractivity contribution in [3.05, 3.63) is 94.3 Å². The number of aryl methyl sites for hydroxylation is 1. The highest BCUT2D eigenvalue weighted by atomic mass is 32.2. The molecule has 0 N–H and O–H groups in total. The number of carbonyl (C=O) groups excluding carboxylic acids is 1. The molecular weight excluding hydrogens is 458 g/mol. The zero-order valence-corrected chi connectivity index (χ0v) is 20.2. The molecule has 174 valence electrons. The molecular formula is C27H23N5O2S. The van der Waals surface area contributed by atoms with Crippen LogP contribution in [0.5, 0.6) is 0 Å². The molecule has 0 saturated heterocycles. The molecule has 1 aliphatic heterocycles. The molecule has 35 heavy (non-hydrogen) atoms. The van der Waals surface area contributed by atoms with Gasteiger partial charge in [-0.05, 0) is 56.2 Å². The topological polar surface area (TPSA) is 72.5 Å².